The Morgan fingerprint density at radius 1 is 0.298 bits per heavy atom. The van der Waals surface area contributed by atoms with Crippen LogP contribution in [0.25, 0.3) is 111 Å². The molecule has 4 aromatic heterocycles. The fraction of sp³-hybridized carbons (Fsp3) is 0. The number of aromatic nitrogens is 5. The minimum atomic E-state index is 0.562. The Kier molecular flexibility index (Phi) is 6.83. The Hall–Kier alpha value is -7.83. The van der Waals surface area contributed by atoms with Crippen molar-refractivity contribution >= 4 is 65.6 Å². The fourth-order valence-electron chi connectivity index (χ4n) is 8.55. The second kappa shape index (κ2) is 12.3. The molecule has 0 aliphatic carbocycles. The molecule has 0 bridgehead atoms. The molecular formula is C51H31N5O. The summed E-state index contributed by atoms with van der Waals surface area (Å²) in [4.78, 5) is 15.7. The number of furan rings is 1. The molecule has 8 aromatic carbocycles. The van der Waals surface area contributed by atoms with Crippen LogP contribution in [0.4, 0.5) is 0 Å². The zero-order chi connectivity index (χ0) is 37.5. The molecule has 12 aromatic rings. The quantitative estimate of drug-likeness (QED) is 0.177. The van der Waals surface area contributed by atoms with E-state index in [0.29, 0.717) is 17.7 Å². The predicted octanol–water partition coefficient (Wildman–Crippen LogP) is 13.0. The average molecular weight is 730 g/mol. The van der Waals surface area contributed by atoms with Crippen molar-refractivity contribution in [3.63, 3.8) is 0 Å². The van der Waals surface area contributed by atoms with Gasteiger partial charge in [-0.3, -0.25) is 9.13 Å². The van der Waals surface area contributed by atoms with Crippen LogP contribution >= 0.6 is 0 Å². The van der Waals surface area contributed by atoms with Crippen molar-refractivity contribution in [3.05, 3.63) is 188 Å². The lowest BCUT2D eigenvalue weighted by Gasteiger charge is -2.13. The molecule has 6 nitrogen and oxygen atoms in total. The molecule has 0 amide bonds. The van der Waals surface area contributed by atoms with Gasteiger partial charge in [-0.2, -0.15) is 15.0 Å². The van der Waals surface area contributed by atoms with E-state index in [-0.39, 0.29) is 0 Å². The summed E-state index contributed by atoms with van der Waals surface area (Å²) in [5.74, 6) is 1.72. The van der Waals surface area contributed by atoms with E-state index in [1.807, 2.05) is 12.1 Å². The van der Waals surface area contributed by atoms with Crippen LogP contribution in [0.2, 0.25) is 0 Å². The first-order valence-electron chi connectivity index (χ1n) is 19.1. The molecule has 0 aliphatic rings. The molecule has 0 saturated carbocycles. The van der Waals surface area contributed by atoms with E-state index in [0.717, 1.165) is 93.4 Å². The topological polar surface area (TPSA) is 61.7 Å². The van der Waals surface area contributed by atoms with Crippen molar-refractivity contribution in [2.24, 2.45) is 0 Å². The van der Waals surface area contributed by atoms with E-state index in [1.54, 1.807) is 0 Å². The van der Waals surface area contributed by atoms with Crippen LogP contribution in [-0.4, -0.2) is 24.1 Å². The number of hydrogen-bond acceptors (Lipinski definition) is 4. The average Bonchev–Trinajstić information content (AvgIpc) is 3.94. The van der Waals surface area contributed by atoms with E-state index < -0.39 is 0 Å². The van der Waals surface area contributed by atoms with Crippen LogP contribution in [0.1, 0.15) is 0 Å². The van der Waals surface area contributed by atoms with E-state index in [2.05, 4.69) is 185 Å². The zero-order valence-electron chi connectivity index (χ0n) is 30.5. The number of hydrogen-bond donors (Lipinski definition) is 0. The SMILES string of the molecule is c1cc(-c2ccc(-c3nc(-n4c5ccccc5c5ccccc54)nc(-n4c5ccccc5c5ccccc54)n3)cc2)cc(-c2ccc3c(c2)oc2ccccc23)c1. The minimum Gasteiger partial charge on any atom is -0.456 e. The van der Waals surface area contributed by atoms with Crippen molar-refractivity contribution in [1.82, 2.24) is 24.1 Å². The first-order chi connectivity index (χ1) is 28.2. The largest absolute Gasteiger partial charge is 0.456 e. The number of para-hydroxylation sites is 5. The summed E-state index contributed by atoms with van der Waals surface area (Å²) < 4.78 is 10.5. The van der Waals surface area contributed by atoms with Crippen LogP contribution in [0.3, 0.4) is 0 Å². The Balaban J connectivity index is 1.00. The maximum Gasteiger partial charge on any atom is 0.240 e. The Bertz CT molecular complexity index is 3300. The van der Waals surface area contributed by atoms with Gasteiger partial charge in [-0.25, -0.2) is 0 Å². The number of fused-ring (bicyclic) bond motifs is 9. The lowest BCUT2D eigenvalue weighted by atomic mass is 9.97. The maximum atomic E-state index is 6.21. The molecule has 0 unspecified atom stereocenters. The third kappa shape index (κ3) is 4.94. The van der Waals surface area contributed by atoms with Crippen LogP contribution in [0.15, 0.2) is 192 Å². The second-order valence-corrected chi connectivity index (χ2v) is 14.5. The standard InChI is InChI=1S/C51H31N5O/c1-6-19-43-37(14-1)38-15-2-7-20-44(38)55(43)50-52-49(53-51(54-50)56-45-21-8-3-16-39(45)40-17-4-9-22-46(40)56)33-26-24-32(25-27-33)34-12-11-13-35(30-34)36-28-29-42-41-18-5-10-23-47(41)57-48(42)31-36/h1-31H. The number of nitrogens with zero attached hydrogens (tertiary/aromatic N) is 5. The van der Waals surface area contributed by atoms with E-state index in [9.17, 15) is 0 Å². The van der Waals surface area contributed by atoms with Crippen molar-refractivity contribution in [2.75, 3.05) is 0 Å². The Labute approximate surface area is 326 Å². The summed E-state index contributed by atoms with van der Waals surface area (Å²) in [5, 5.41) is 6.86. The molecule has 266 valence electrons. The number of benzene rings is 8. The van der Waals surface area contributed by atoms with Crippen LogP contribution in [0.5, 0.6) is 0 Å². The van der Waals surface area contributed by atoms with Crippen LogP contribution < -0.4 is 0 Å². The molecule has 0 aliphatic heterocycles. The summed E-state index contributed by atoms with van der Waals surface area (Å²) in [7, 11) is 0. The molecule has 4 heterocycles. The molecule has 0 fully saturated rings. The van der Waals surface area contributed by atoms with Crippen molar-refractivity contribution in [3.8, 4) is 45.5 Å². The van der Waals surface area contributed by atoms with Gasteiger partial charge >= 0.3 is 0 Å². The normalized spacial score (nSPS) is 11.9. The van der Waals surface area contributed by atoms with Crippen molar-refractivity contribution in [1.29, 1.82) is 0 Å². The maximum absolute atomic E-state index is 6.21. The highest BCUT2D eigenvalue weighted by Gasteiger charge is 2.20. The van der Waals surface area contributed by atoms with E-state index in [1.165, 1.54) is 0 Å². The highest BCUT2D eigenvalue weighted by Crippen LogP contribution is 2.36. The molecule has 0 N–H and O–H groups in total. The third-order valence-electron chi connectivity index (χ3n) is 11.2. The van der Waals surface area contributed by atoms with Gasteiger partial charge in [0.25, 0.3) is 0 Å². The van der Waals surface area contributed by atoms with Gasteiger partial charge in [-0.1, -0.05) is 140 Å². The van der Waals surface area contributed by atoms with Gasteiger partial charge in [0.15, 0.2) is 5.82 Å². The second-order valence-electron chi connectivity index (χ2n) is 14.5. The summed E-state index contributed by atoms with van der Waals surface area (Å²) in [5.41, 5.74) is 11.3. The van der Waals surface area contributed by atoms with Gasteiger partial charge in [0.1, 0.15) is 11.2 Å². The Morgan fingerprint density at radius 3 is 1.28 bits per heavy atom. The lowest BCUT2D eigenvalue weighted by Crippen LogP contribution is -2.10. The van der Waals surface area contributed by atoms with Gasteiger partial charge in [-0.15, -0.1) is 0 Å². The van der Waals surface area contributed by atoms with E-state index in [4.69, 9.17) is 19.4 Å². The fourth-order valence-corrected chi connectivity index (χ4v) is 8.55. The molecule has 0 radical (unpaired) electrons. The highest BCUT2D eigenvalue weighted by atomic mass is 16.3. The molecule has 0 atom stereocenters. The van der Waals surface area contributed by atoms with Crippen molar-refractivity contribution in [2.45, 2.75) is 0 Å². The van der Waals surface area contributed by atoms with Gasteiger partial charge in [0.05, 0.1) is 22.1 Å². The van der Waals surface area contributed by atoms with Gasteiger partial charge in [0, 0.05) is 37.9 Å². The van der Waals surface area contributed by atoms with Crippen LogP contribution in [0, 0.1) is 0 Å². The number of rotatable bonds is 5. The van der Waals surface area contributed by atoms with Gasteiger partial charge in [0.2, 0.25) is 11.9 Å². The Morgan fingerprint density at radius 2 is 0.719 bits per heavy atom. The highest BCUT2D eigenvalue weighted by molar-refractivity contribution is 6.10. The monoisotopic (exact) mass is 729 g/mol. The van der Waals surface area contributed by atoms with E-state index >= 15 is 0 Å². The summed E-state index contributed by atoms with van der Waals surface area (Å²) in [6, 6.07) is 65.7. The van der Waals surface area contributed by atoms with Gasteiger partial charge in [-0.05, 0) is 70.8 Å². The first-order valence-corrected chi connectivity index (χ1v) is 19.1. The molecular weight excluding hydrogens is 699 g/mol. The molecule has 57 heavy (non-hydrogen) atoms. The summed E-state index contributed by atoms with van der Waals surface area (Å²) in [6.45, 7) is 0. The predicted molar refractivity (Wildman–Crippen MR) is 232 cm³/mol. The molecule has 12 rings (SSSR count). The summed E-state index contributed by atoms with van der Waals surface area (Å²) in [6.07, 6.45) is 0. The van der Waals surface area contributed by atoms with Gasteiger partial charge < -0.3 is 4.42 Å². The zero-order valence-corrected chi connectivity index (χ0v) is 30.5. The summed E-state index contributed by atoms with van der Waals surface area (Å²) >= 11 is 0. The van der Waals surface area contributed by atoms with Crippen molar-refractivity contribution < 1.29 is 4.42 Å². The minimum absolute atomic E-state index is 0.562. The molecule has 0 saturated heterocycles. The lowest BCUT2D eigenvalue weighted by molar-refractivity contribution is 0.669. The van der Waals surface area contributed by atoms with Crippen LogP contribution in [-0.2, 0) is 0 Å². The molecule has 6 heteroatoms. The smallest absolute Gasteiger partial charge is 0.240 e. The molecule has 0 spiro atoms. The third-order valence-corrected chi connectivity index (χ3v) is 11.2. The first kappa shape index (κ1) is 31.5.